The van der Waals surface area contributed by atoms with E-state index in [2.05, 4.69) is 25.6 Å². The third-order valence-electron chi connectivity index (χ3n) is 5.60. The van der Waals surface area contributed by atoms with E-state index in [-0.39, 0.29) is 0 Å². The summed E-state index contributed by atoms with van der Waals surface area (Å²) >= 11 is 0. The minimum Gasteiger partial charge on any atom is -0.481 e. The topological polar surface area (TPSA) is 118 Å². The molecule has 1 aliphatic carbocycles. The van der Waals surface area contributed by atoms with Gasteiger partial charge in [0.05, 0.1) is 11.3 Å². The van der Waals surface area contributed by atoms with Gasteiger partial charge in [-0.3, -0.25) is 14.8 Å². The van der Waals surface area contributed by atoms with Crippen molar-refractivity contribution in [1.82, 2.24) is 30.6 Å². The minimum atomic E-state index is -1.21. The molecule has 0 atom stereocenters. The molecule has 150 valence electrons. The van der Waals surface area contributed by atoms with Crippen LogP contribution >= 0.6 is 0 Å². The van der Waals surface area contributed by atoms with Gasteiger partial charge in [-0.1, -0.05) is 6.42 Å². The van der Waals surface area contributed by atoms with E-state index < -0.39 is 11.4 Å². The fourth-order valence-electron chi connectivity index (χ4n) is 3.98. The SMILES string of the molecule is Cc1cc(-c2c3c(nc(C(C)(C)C(=O)O)c2-c2nn[nH]n2)CCCCC3)ccn1. The maximum absolute atomic E-state index is 12.2. The Morgan fingerprint density at radius 2 is 1.97 bits per heavy atom. The molecular weight excluding hydrogens is 368 g/mol. The molecular formula is C21H24N6O2. The van der Waals surface area contributed by atoms with Crippen molar-refractivity contribution in [2.75, 3.05) is 0 Å². The predicted molar refractivity (Wildman–Crippen MR) is 107 cm³/mol. The highest BCUT2D eigenvalue weighted by Gasteiger charge is 2.38. The van der Waals surface area contributed by atoms with Crippen LogP contribution in [0, 0.1) is 6.92 Å². The molecule has 3 heterocycles. The zero-order valence-electron chi connectivity index (χ0n) is 16.9. The van der Waals surface area contributed by atoms with Gasteiger partial charge in [0, 0.05) is 17.6 Å². The first-order valence-corrected chi connectivity index (χ1v) is 9.86. The first-order valence-electron chi connectivity index (χ1n) is 9.86. The van der Waals surface area contributed by atoms with Crippen LogP contribution in [0.3, 0.4) is 0 Å². The highest BCUT2D eigenvalue weighted by molar-refractivity contribution is 5.90. The first-order chi connectivity index (χ1) is 13.9. The molecule has 0 aromatic carbocycles. The zero-order valence-corrected chi connectivity index (χ0v) is 16.9. The lowest BCUT2D eigenvalue weighted by molar-refractivity contribution is -0.142. The van der Waals surface area contributed by atoms with Crippen LogP contribution in [-0.4, -0.2) is 41.7 Å². The van der Waals surface area contributed by atoms with Crippen LogP contribution in [0.2, 0.25) is 0 Å². The lowest BCUT2D eigenvalue weighted by atomic mass is 9.80. The highest BCUT2D eigenvalue weighted by Crippen LogP contribution is 2.42. The Morgan fingerprint density at radius 3 is 2.66 bits per heavy atom. The number of rotatable bonds is 4. The number of fused-ring (bicyclic) bond motifs is 1. The average Bonchev–Trinajstić information content (AvgIpc) is 3.11. The zero-order chi connectivity index (χ0) is 20.6. The number of pyridine rings is 2. The number of carbonyl (C=O) groups is 1. The van der Waals surface area contributed by atoms with Gasteiger partial charge in [-0.15, -0.1) is 10.2 Å². The summed E-state index contributed by atoms with van der Waals surface area (Å²) < 4.78 is 0. The fourth-order valence-corrected chi connectivity index (χ4v) is 3.98. The van der Waals surface area contributed by atoms with Gasteiger partial charge in [0.2, 0.25) is 5.82 Å². The lowest BCUT2D eigenvalue weighted by Crippen LogP contribution is -2.31. The lowest BCUT2D eigenvalue weighted by Gasteiger charge is -2.26. The number of hydrogen-bond donors (Lipinski definition) is 2. The molecule has 0 saturated carbocycles. The van der Waals surface area contributed by atoms with Gasteiger partial charge >= 0.3 is 5.97 Å². The van der Waals surface area contributed by atoms with E-state index in [0.29, 0.717) is 17.1 Å². The van der Waals surface area contributed by atoms with Crippen molar-refractivity contribution in [3.8, 4) is 22.5 Å². The summed E-state index contributed by atoms with van der Waals surface area (Å²) in [5, 5.41) is 24.6. The maximum Gasteiger partial charge on any atom is 0.315 e. The van der Waals surface area contributed by atoms with Crippen LogP contribution < -0.4 is 0 Å². The number of aromatic nitrogens is 6. The van der Waals surface area contributed by atoms with E-state index in [1.807, 2.05) is 19.1 Å². The van der Waals surface area contributed by atoms with Crippen LogP contribution in [0.15, 0.2) is 18.3 Å². The molecule has 3 aromatic rings. The summed E-state index contributed by atoms with van der Waals surface area (Å²) in [5.41, 5.74) is 4.83. The van der Waals surface area contributed by atoms with Crippen molar-refractivity contribution in [2.45, 2.75) is 58.3 Å². The Morgan fingerprint density at radius 1 is 1.17 bits per heavy atom. The normalized spacial score (nSPS) is 14.3. The Labute approximate surface area is 168 Å². The standard InChI is InChI=1S/C21H24N6O2/c1-12-11-13(9-10-22-12)16-14-7-5-4-6-8-15(14)23-18(21(2,3)20(28)29)17(16)19-24-26-27-25-19/h9-11H,4-8H2,1-3H3,(H,28,29)(H,24,25,26,27). The third kappa shape index (κ3) is 3.39. The van der Waals surface area contributed by atoms with Crippen LogP contribution in [0.4, 0.5) is 0 Å². The number of carboxylic acid groups (broad SMARTS) is 1. The molecule has 0 fully saturated rings. The number of hydrogen-bond acceptors (Lipinski definition) is 6. The van der Waals surface area contributed by atoms with Crippen molar-refractivity contribution in [3.05, 3.63) is 41.0 Å². The van der Waals surface area contributed by atoms with E-state index in [1.54, 1.807) is 20.0 Å². The summed E-state index contributed by atoms with van der Waals surface area (Å²) in [6.07, 6.45) is 6.73. The molecule has 0 unspecified atom stereocenters. The van der Waals surface area contributed by atoms with Gasteiger partial charge in [0.25, 0.3) is 0 Å². The van der Waals surface area contributed by atoms with Crippen LogP contribution in [0.1, 0.15) is 55.8 Å². The van der Waals surface area contributed by atoms with Crippen molar-refractivity contribution < 1.29 is 9.90 Å². The molecule has 1 aliphatic rings. The smallest absolute Gasteiger partial charge is 0.315 e. The summed E-state index contributed by atoms with van der Waals surface area (Å²) in [4.78, 5) is 21.4. The van der Waals surface area contributed by atoms with Crippen LogP contribution in [0.25, 0.3) is 22.5 Å². The quantitative estimate of drug-likeness (QED) is 0.654. The second-order valence-electron chi connectivity index (χ2n) is 8.05. The fraction of sp³-hybridized carbons (Fsp3) is 0.429. The largest absolute Gasteiger partial charge is 0.481 e. The number of aromatic amines is 1. The van der Waals surface area contributed by atoms with Gasteiger partial charge in [0.1, 0.15) is 5.41 Å². The molecule has 2 N–H and O–H groups in total. The van der Waals surface area contributed by atoms with Crippen molar-refractivity contribution >= 4 is 5.97 Å². The number of H-pyrrole nitrogens is 1. The first kappa shape index (κ1) is 19.2. The van der Waals surface area contributed by atoms with Gasteiger partial charge in [-0.05, 0) is 80.5 Å². The predicted octanol–water partition coefficient (Wildman–Crippen LogP) is 3.26. The van der Waals surface area contributed by atoms with Crippen LogP contribution in [-0.2, 0) is 23.1 Å². The molecule has 0 amide bonds. The second kappa shape index (κ2) is 7.35. The number of aliphatic carboxylic acids is 1. The molecule has 0 bridgehead atoms. The summed E-state index contributed by atoms with van der Waals surface area (Å²) in [6.45, 7) is 5.29. The van der Waals surface area contributed by atoms with Crippen molar-refractivity contribution in [3.63, 3.8) is 0 Å². The van der Waals surface area contributed by atoms with E-state index >= 15 is 0 Å². The van der Waals surface area contributed by atoms with E-state index in [1.165, 1.54) is 0 Å². The van der Waals surface area contributed by atoms with E-state index in [0.717, 1.165) is 60.2 Å². The molecule has 3 aromatic heterocycles. The number of aryl methyl sites for hydroxylation is 2. The molecule has 4 rings (SSSR count). The highest BCUT2D eigenvalue weighted by atomic mass is 16.4. The monoisotopic (exact) mass is 392 g/mol. The average molecular weight is 392 g/mol. The summed E-state index contributed by atoms with van der Waals surface area (Å²) in [5.74, 6) is -0.585. The number of tetrazole rings is 1. The number of nitrogens with one attached hydrogen (secondary N) is 1. The Balaban J connectivity index is 2.14. The van der Waals surface area contributed by atoms with Gasteiger partial charge < -0.3 is 5.11 Å². The van der Waals surface area contributed by atoms with Crippen molar-refractivity contribution in [2.24, 2.45) is 0 Å². The van der Waals surface area contributed by atoms with Crippen molar-refractivity contribution in [1.29, 1.82) is 0 Å². The molecule has 0 saturated heterocycles. The second-order valence-corrected chi connectivity index (χ2v) is 8.05. The molecule has 29 heavy (non-hydrogen) atoms. The Kier molecular flexibility index (Phi) is 4.86. The van der Waals surface area contributed by atoms with Gasteiger partial charge in [-0.2, -0.15) is 5.21 Å². The Bertz CT molecular complexity index is 1060. The van der Waals surface area contributed by atoms with Gasteiger partial charge in [-0.25, -0.2) is 0 Å². The molecule has 8 nitrogen and oxygen atoms in total. The number of nitrogens with zero attached hydrogens (tertiary/aromatic N) is 5. The maximum atomic E-state index is 12.2. The minimum absolute atomic E-state index is 0.360. The van der Waals surface area contributed by atoms with E-state index in [4.69, 9.17) is 4.98 Å². The van der Waals surface area contributed by atoms with Crippen LogP contribution in [0.5, 0.6) is 0 Å². The molecule has 0 radical (unpaired) electrons. The Hall–Kier alpha value is -3.16. The molecule has 0 aliphatic heterocycles. The van der Waals surface area contributed by atoms with Gasteiger partial charge in [0.15, 0.2) is 0 Å². The summed E-state index contributed by atoms with van der Waals surface area (Å²) in [7, 11) is 0. The summed E-state index contributed by atoms with van der Waals surface area (Å²) in [6, 6.07) is 3.97. The van der Waals surface area contributed by atoms with E-state index in [9.17, 15) is 9.90 Å². The molecule has 0 spiro atoms. The third-order valence-corrected chi connectivity index (χ3v) is 5.60. The number of carboxylic acids is 1. The molecule has 8 heteroatoms.